The molecule has 1 aliphatic heterocycles. The van der Waals surface area contributed by atoms with Crippen LogP contribution in [0, 0.1) is 0 Å². The van der Waals surface area contributed by atoms with E-state index < -0.39 is 0 Å². The summed E-state index contributed by atoms with van der Waals surface area (Å²) in [6.07, 6.45) is 8.25. The minimum atomic E-state index is -0.275. The molecule has 2 rings (SSSR count). The van der Waals surface area contributed by atoms with Crippen molar-refractivity contribution in [3.05, 3.63) is 24.3 Å². The summed E-state index contributed by atoms with van der Waals surface area (Å²) in [6, 6.07) is 7.63. The highest BCUT2D eigenvalue weighted by Gasteiger charge is 2.18. The fraction of sp³-hybridized carbons (Fsp3) is 0.667. The predicted molar refractivity (Wildman–Crippen MR) is 104 cm³/mol. The summed E-state index contributed by atoms with van der Waals surface area (Å²) in [5, 5.41) is 1.55. The number of primary amides is 1. The van der Waals surface area contributed by atoms with Gasteiger partial charge in [0.25, 0.3) is 0 Å². The lowest BCUT2D eigenvalue weighted by Crippen LogP contribution is -2.82. The number of benzene rings is 1. The molecule has 1 atom stereocenters. The number of carbonyl (C=O) groups is 1. The Morgan fingerprint density at radius 1 is 1.12 bits per heavy atom. The number of likely N-dealkylation sites (tertiary alicyclic amines) is 1. The number of carbonyl (C=O) groups excluding carboxylic acids is 1. The summed E-state index contributed by atoms with van der Waals surface area (Å²) in [5.74, 6) is 0.852. The highest BCUT2D eigenvalue weighted by molar-refractivity contribution is 5.59. The number of quaternary nitrogens is 1. The molecule has 26 heavy (non-hydrogen) atoms. The molecule has 0 spiro atoms. The zero-order valence-electron chi connectivity index (χ0n) is 16.4. The van der Waals surface area contributed by atoms with Gasteiger partial charge >= 0.3 is 6.09 Å². The average Bonchev–Trinajstić information content (AvgIpc) is 2.63. The Balaban J connectivity index is 1.66. The first-order valence-corrected chi connectivity index (χ1v) is 10.2. The summed E-state index contributed by atoms with van der Waals surface area (Å²) in [7, 11) is 0. The number of amides is 1. The number of rotatable bonds is 10. The van der Waals surface area contributed by atoms with Gasteiger partial charge in [-0.05, 0) is 51.4 Å². The molecule has 2 N–H and O–H groups in total. The molecular formula is C21H35N2O3+. The molecular weight excluding hydrogens is 328 g/mol. The van der Waals surface area contributed by atoms with E-state index in [0.717, 1.165) is 44.1 Å². The molecule has 1 amide bonds. The van der Waals surface area contributed by atoms with E-state index in [4.69, 9.17) is 9.47 Å². The summed E-state index contributed by atoms with van der Waals surface area (Å²) in [5.41, 5.74) is 0.846. The van der Waals surface area contributed by atoms with Crippen LogP contribution in [0.2, 0.25) is 0 Å². The SMILES string of the molecule is CCCCCCOc1ccc([NH2+]C(=O)O[C@@H](C)CN2CCCCC2)cc1. The minimum absolute atomic E-state index is 0.0809. The number of hydrogen-bond acceptors (Lipinski definition) is 4. The molecule has 0 aliphatic carbocycles. The van der Waals surface area contributed by atoms with Gasteiger partial charge in [0, 0.05) is 18.7 Å². The zero-order valence-corrected chi connectivity index (χ0v) is 16.4. The molecule has 1 fully saturated rings. The third-order valence-electron chi connectivity index (χ3n) is 4.71. The Labute approximate surface area is 158 Å². The quantitative estimate of drug-likeness (QED) is 0.507. The van der Waals surface area contributed by atoms with Gasteiger partial charge < -0.3 is 9.47 Å². The maximum Gasteiger partial charge on any atom is 0.518 e. The summed E-state index contributed by atoms with van der Waals surface area (Å²) in [4.78, 5) is 14.5. The Hall–Kier alpha value is -1.59. The van der Waals surface area contributed by atoms with E-state index in [-0.39, 0.29) is 12.2 Å². The highest BCUT2D eigenvalue weighted by Crippen LogP contribution is 2.14. The normalized spacial score (nSPS) is 16.2. The lowest BCUT2D eigenvalue weighted by atomic mass is 10.1. The topological polar surface area (TPSA) is 55.4 Å². The number of piperidine rings is 1. The molecule has 5 nitrogen and oxygen atoms in total. The summed E-state index contributed by atoms with van der Waals surface area (Å²) < 4.78 is 11.2. The van der Waals surface area contributed by atoms with E-state index in [0.29, 0.717) is 0 Å². The van der Waals surface area contributed by atoms with Crippen LogP contribution in [-0.4, -0.2) is 43.3 Å². The van der Waals surface area contributed by atoms with Crippen molar-refractivity contribution in [2.24, 2.45) is 0 Å². The van der Waals surface area contributed by atoms with Gasteiger partial charge in [-0.25, -0.2) is 5.32 Å². The Morgan fingerprint density at radius 3 is 2.54 bits per heavy atom. The number of unbranched alkanes of at least 4 members (excludes halogenated alkanes) is 3. The standard InChI is InChI=1S/C21H34N2O3/c1-3-4-5-9-16-25-20-12-10-19(11-13-20)22-21(24)26-18(2)17-23-14-7-6-8-15-23/h10-13,18H,3-9,14-17H2,1-2H3,(H,22,24)/p+1/t18-/m0/s1. The Morgan fingerprint density at radius 2 is 1.85 bits per heavy atom. The van der Waals surface area contributed by atoms with Gasteiger partial charge in [0.2, 0.25) is 0 Å². The van der Waals surface area contributed by atoms with Crippen LogP contribution in [0.5, 0.6) is 5.75 Å². The second-order valence-electron chi connectivity index (χ2n) is 7.23. The summed E-state index contributed by atoms with van der Waals surface area (Å²) in [6.45, 7) is 7.98. The molecule has 1 aromatic rings. The maximum absolute atomic E-state index is 12.1. The molecule has 0 saturated carbocycles. The number of nitrogens with two attached hydrogens (primary N) is 1. The lowest BCUT2D eigenvalue weighted by molar-refractivity contribution is -0.484. The van der Waals surface area contributed by atoms with Crippen molar-refractivity contribution in [2.45, 2.75) is 64.9 Å². The van der Waals surface area contributed by atoms with Crippen molar-refractivity contribution >= 4 is 11.8 Å². The van der Waals surface area contributed by atoms with Crippen molar-refractivity contribution in [1.82, 2.24) is 4.90 Å². The molecule has 0 unspecified atom stereocenters. The van der Waals surface area contributed by atoms with Crippen molar-refractivity contribution < 1.29 is 19.6 Å². The first-order chi connectivity index (χ1) is 12.7. The van der Waals surface area contributed by atoms with Crippen LogP contribution < -0.4 is 10.1 Å². The maximum atomic E-state index is 12.1. The van der Waals surface area contributed by atoms with E-state index in [9.17, 15) is 4.79 Å². The molecule has 1 aliphatic rings. The van der Waals surface area contributed by atoms with E-state index in [1.807, 2.05) is 31.2 Å². The molecule has 5 heteroatoms. The zero-order chi connectivity index (χ0) is 18.6. The Kier molecular flexibility index (Phi) is 9.50. The second kappa shape index (κ2) is 11.9. The minimum Gasteiger partial charge on any atom is -0.494 e. The molecule has 1 heterocycles. The molecule has 1 aromatic carbocycles. The highest BCUT2D eigenvalue weighted by atomic mass is 16.6. The van der Waals surface area contributed by atoms with Crippen LogP contribution in [0.3, 0.4) is 0 Å². The molecule has 1 saturated heterocycles. The van der Waals surface area contributed by atoms with Gasteiger partial charge in [0.1, 0.15) is 17.5 Å². The van der Waals surface area contributed by atoms with Crippen LogP contribution in [0.1, 0.15) is 58.8 Å². The van der Waals surface area contributed by atoms with Gasteiger partial charge in [0.15, 0.2) is 0 Å². The number of hydrogen-bond donors (Lipinski definition) is 1. The van der Waals surface area contributed by atoms with Gasteiger partial charge in [-0.2, -0.15) is 4.79 Å². The molecule has 0 bridgehead atoms. The van der Waals surface area contributed by atoms with Crippen LogP contribution in [0.4, 0.5) is 10.5 Å². The van der Waals surface area contributed by atoms with E-state index in [1.54, 1.807) is 5.32 Å². The number of nitrogens with zero attached hydrogens (tertiary/aromatic N) is 1. The van der Waals surface area contributed by atoms with Crippen LogP contribution in [-0.2, 0) is 4.74 Å². The molecule has 0 aromatic heterocycles. The van der Waals surface area contributed by atoms with Crippen molar-refractivity contribution in [3.63, 3.8) is 0 Å². The fourth-order valence-corrected chi connectivity index (χ4v) is 3.29. The third-order valence-corrected chi connectivity index (χ3v) is 4.71. The average molecular weight is 364 g/mol. The van der Waals surface area contributed by atoms with Gasteiger partial charge in [0.05, 0.1) is 6.61 Å². The lowest BCUT2D eigenvalue weighted by Gasteiger charge is -2.28. The van der Waals surface area contributed by atoms with Crippen LogP contribution >= 0.6 is 0 Å². The number of ether oxygens (including phenoxy) is 2. The molecule has 0 radical (unpaired) electrons. The van der Waals surface area contributed by atoms with Crippen LogP contribution in [0.25, 0.3) is 0 Å². The van der Waals surface area contributed by atoms with Crippen molar-refractivity contribution in [2.75, 3.05) is 26.2 Å². The van der Waals surface area contributed by atoms with E-state index in [1.165, 1.54) is 38.5 Å². The van der Waals surface area contributed by atoms with Gasteiger partial charge in [-0.3, -0.25) is 4.90 Å². The third kappa shape index (κ3) is 8.19. The van der Waals surface area contributed by atoms with Gasteiger partial charge in [-0.1, -0.05) is 32.6 Å². The van der Waals surface area contributed by atoms with E-state index in [2.05, 4.69) is 11.8 Å². The smallest absolute Gasteiger partial charge is 0.494 e. The Bertz CT molecular complexity index is 512. The van der Waals surface area contributed by atoms with Crippen molar-refractivity contribution in [1.29, 1.82) is 0 Å². The molecule has 146 valence electrons. The van der Waals surface area contributed by atoms with Crippen molar-refractivity contribution in [3.8, 4) is 5.75 Å². The predicted octanol–water partition coefficient (Wildman–Crippen LogP) is 3.85. The van der Waals surface area contributed by atoms with Gasteiger partial charge in [-0.15, -0.1) is 0 Å². The first-order valence-electron chi connectivity index (χ1n) is 10.2. The monoisotopic (exact) mass is 363 g/mol. The second-order valence-corrected chi connectivity index (χ2v) is 7.23. The fourth-order valence-electron chi connectivity index (χ4n) is 3.29. The summed E-state index contributed by atoms with van der Waals surface area (Å²) >= 11 is 0. The van der Waals surface area contributed by atoms with Crippen LogP contribution in [0.15, 0.2) is 24.3 Å². The van der Waals surface area contributed by atoms with E-state index >= 15 is 0 Å². The first kappa shape index (κ1) is 20.7. The largest absolute Gasteiger partial charge is 0.518 e.